The lowest BCUT2D eigenvalue weighted by Gasteiger charge is -2.38. The fourth-order valence-corrected chi connectivity index (χ4v) is 3.32. The number of hydrogen-bond acceptors (Lipinski definition) is 6. The summed E-state index contributed by atoms with van der Waals surface area (Å²) in [5.41, 5.74) is 2.15. The number of benzene rings is 1. The normalized spacial score (nSPS) is 20.8. The van der Waals surface area contributed by atoms with Gasteiger partial charge in [-0.3, -0.25) is 4.79 Å². The first-order chi connectivity index (χ1) is 15.0. The average Bonchev–Trinajstić information content (AvgIpc) is 2.73. The third-order valence-electron chi connectivity index (χ3n) is 4.67. The number of methoxy groups -OCH3 is 1. The first-order valence-electron chi connectivity index (χ1n) is 8.95. The number of aliphatic imine (C=N–C) groups is 1. The number of rotatable bonds is 5. The maximum Gasteiger partial charge on any atom is 0.411 e. The van der Waals surface area contributed by atoms with Crippen LogP contribution in [0, 0.1) is 5.82 Å². The highest BCUT2D eigenvalue weighted by Gasteiger charge is 2.52. The molecule has 7 nitrogen and oxygen atoms in total. The molecular formula is C19H16ClF5N4O3. The number of aromatic nitrogens is 1. The van der Waals surface area contributed by atoms with E-state index in [9.17, 15) is 26.7 Å². The second-order valence-corrected chi connectivity index (χ2v) is 7.25. The molecule has 0 spiro atoms. The number of nitrogens with one attached hydrogen (secondary N) is 1. The largest absolute Gasteiger partial charge is 0.494 e. The van der Waals surface area contributed by atoms with Crippen LogP contribution in [0.15, 0.2) is 35.5 Å². The van der Waals surface area contributed by atoms with E-state index >= 15 is 0 Å². The van der Waals surface area contributed by atoms with Crippen LogP contribution in [0.3, 0.4) is 0 Å². The van der Waals surface area contributed by atoms with Gasteiger partial charge in [-0.05, 0) is 18.2 Å². The number of nitrogens with zero attached hydrogens (tertiary/aromatic N) is 2. The molecule has 172 valence electrons. The third-order valence-corrected chi connectivity index (χ3v) is 4.88. The quantitative estimate of drug-likeness (QED) is 0.634. The molecule has 1 aromatic carbocycles. The molecule has 0 saturated carbocycles. The molecule has 1 aliphatic heterocycles. The predicted molar refractivity (Wildman–Crippen MR) is 105 cm³/mol. The van der Waals surface area contributed by atoms with Crippen molar-refractivity contribution in [2.45, 2.75) is 24.2 Å². The van der Waals surface area contributed by atoms with Crippen molar-refractivity contribution in [3.05, 3.63) is 52.6 Å². The fourth-order valence-electron chi connectivity index (χ4n) is 3.18. The van der Waals surface area contributed by atoms with Gasteiger partial charge in [-0.2, -0.15) is 13.2 Å². The lowest BCUT2D eigenvalue weighted by atomic mass is 9.86. The van der Waals surface area contributed by atoms with Crippen molar-refractivity contribution < 1.29 is 36.2 Å². The second kappa shape index (κ2) is 8.77. The van der Waals surface area contributed by atoms with Gasteiger partial charge in [0.05, 0.1) is 12.1 Å². The van der Waals surface area contributed by atoms with E-state index in [1.54, 1.807) is 0 Å². The Morgan fingerprint density at radius 2 is 2.12 bits per heavy atom. The minimum absolute atomic E-state index is 0.0465. The van der Waals surface area contributed by atoms with Gasteiger partial charge in [-0.25, -0.2) is 18.8 Å². The number of anilines is 1. The molecule has 1 aromatic heterocycles. The van der Waals surface area contributed by atoms with Crippen molar-refractivity contribution in [1.29, 1.82) is 0 Å². The summed E-state index contributed by atoms with van der Waals surface area (Å²) in [6.45, 7) is -1.53. The van der Waals surface area contributed by atoms with Crippen LogP contribution >= 0.6 is 11.6 Å². The maximum absolute atomic E-state index is 14.6. The number of hydrogen-bond donors (Lipinski definition) is 2. The summed E-state index contributed by atoms with van der Waals surface area (Å²) in [5.74, 6) is -1.80. The predicted octanol–water partition coefficient (Wildman–Crippen LogP) is 3.97. The van der Waals surface area contributed by atoms with Gasteiger partial charge in [0.1, 0.15) is 12.5 Å². The van der Waals surface area contributed by atoms with E-state index in [4.69, 9.17) is 26.8 Å². The Morgan fingerprint density at radius 3 is 2.75 bits per heavy atom. The Hall–Kier alpha value is -3.15. The summed E-state index contributed by atoms with van der Waals surface area (Å²) >= 11 is 5.81. The fraction of sp³-hybridized carbons (Fsp3) is 0.316. The van der Waals surface area contributed by atoms with Gasteiger partial charge in [-0.15, -0.1) is 0 Å². The summed E-state index contributed by atoms with van der Waals surface area (Å²) in [5, 5.41) is 2.61. The maximum atomic E-state index is 14.6. The van der Waals surface area contributed by atoms with E-state index in [1.165, 1.54) is 19.4 Å². The molecule has 1 aliphatic rings. The molecule has 32 heavy (non-hydrogen) atoms. The standard InChI is InChI=1S/C19H16ClF5N4O3/c1-31-13-4-9(20)7-27-15(13)16(30)28-10-2-3-12(22)11(5-10)18(8-21)6-14(19(23,24)25)29-17(26)32-18/h2-5,7,14H,6,8H2,1H3,(H2,26,29)(H,28,30)/t14-,18+/m0/s1. The summed E-state index contributed by atoms with van der Waals surface area (Å²) in [6.07, 6.45) is -4.70. The number of carbonyl (C=O) groups is 1. The average molecular weight is 479 g/mol. The number of amidine groups is 1. The SMILES string of the molecule is COc1cc(Cl)cnc1C(=O)Nc1ccc(F)c([C@]2(CF)C[C@@H](C(F)(F)F)N=C(N)O2)c1. The van der Waals surface area contributed by atoms with Crippen LogP contribution in [0.2, 0.25) is 5.02 Å². The van der Waals surface area contributed by atoms with Crippen LogP contribution in [-0.2, 0) is 10.3 Å². The number of alkyl halides is 4. The number of nitrogens with two attached hydrogens (primary N) is 1. The zero-order valence-corrected chi connectivity index (χ0v) is 17.1. The molecule has 0 radical (unpaired) electrons. The first-order valence-corrected chi connectivity index (χ1v) is 9.33. The van der Waals surface area contributed by atoms with Crippen LogP contribution < -0.4 is 15.8 Å². The minimum Gasteiger partial charge on any atom is -0.494 e. The zero-order chi connectivity index (χ0) is 23.7. The van der Waals surface area contributed by atoms with Gasteiger partial charge in [0, 0.05) is 29.9 Å². The van der Waals surface area contributed by atoms with Crippen LogP contribution in [-0.4, -0.2) is 42.9 Å². The van der Waals surface area contributed by atoms with Crippen molar-refractivity contribution in [3.8, 4) is 5.75 Å². The van der Waals surface area contributed by atoms with Gasteiger partial charge in [0.25, 0.3) is 11.9 Å². The number of carbonyl (C=O) groups excluding carboxylic acids is 1. The van der Waals surface area contributed by atoms with E-state index in [0.717, 1.165) is 18.2 Å². The molecular weight excluding hydrogens is 463 g/mol. The molecule has 3 rings (SSSR count). The Kier molecular flexibility index (Phi) is 6.44. The third kappa shape index (κ3) is 4.69. The minimum atomic E-state index is -4.85. The van der Waals surface area contributed by atoms with Gasteiger partial charge in [0.15, 0.2) is 23.1 Å². The topological polar surface area (TPSA) is 98.8 Å². The Bertz CT molecular complexity index is 1070. The van der Waals surface area contributed by atoms with Gasteiger partial charge in [-0.1, -0.05) is 11.6 Å². The smallest absolute Gasteiger partial charge is 0.411 e. The second-order valence-electron chi connectivity index (χ2n) is 6.81. The van der Waals surface area contributed by atoms with Crippen molar-refractivity contribution >= 4 is 29.2 Å². The number of pyridine rings is 1. The van der Waals surface area contributed by atoms with Gasteiger partial charge in [0.2, 0.25) is 0 Å². The summed E-state index contributed by atoms with van der Waals surface area (Å²) in [4.78, 5) is 19.6. The Morgan fingerprint density at radius 1 is 1.41 bits per heavy atom. The summed E-state index contributed by atoms with van der Waals surface area (Å²) < 4.78 is 78.4. The van der Waals surface area contributed by atoms with Crippen LogP contribution in [0.25, 0.3) is 0 Å². The Balaban J connectivity index is 1.96. The van der Waals surface area contributed by atoms with Crippen LogP contribution in [0.1, 0.15) is 22.5 Å². The summed E-state index contributed by atoms with van der Waals surface area (Å²) in [6, 6.07) is 0.955. The van der Waals surface area contributed by atoms with E-state index in [-0.39, 0.29) is 22.2 Å². The molecule has 0 bridgehead atoms. The lowest BCUT2D eigenvalue weighted by molar-refractivity contribution is -0.167. The molecule has 0 saturated heterocycles. The number of ether oxygens (including phenoxy) is 2. The molecule has 3 N–H and O–H groups in total. The molecule has 0 aliphatic carbocycles. The zero-order valence-electron chi connectivity index (χ0n) is 16.3. The molecule has 0 unspecified atom stereocenters. The Labute approximate surface area is 183 Å². The van der Waals surface area contributed by atoms with E-state index in [2.05, 4.69) is 15.3 Å². The molecule has 13 heteroatoms. The van der Waals surface area contributed by atoms with Crippen LogP contribution in [0.4, 0.5) is 27.6 Å². The van der Waals surface area contributed by atoms with E-state index in [1.807, 2.05) is 0 Å². The van der Waals surface area contributed by atoms with Crippen molar-refractivity contribution in [2.24, 2.45) is 10.7 Å². The van der Waals surface area contributed by atoms with E-state index in [0.29, 0.717) is 0 Å². The van der Waals surface area contributed by atoms with Crippen molar-refractivity contribution in [3.63, 3.8) is 0 Å². The highest BCUT2D eigenvalue weighted by atomic mass is 35.5. The summed E-state index contributed by atoms with van der Waals surface area (Å²) in [7, 11) is 1.29. The first kappa shape index (κ1) is 23.5. The van der Waals surface area contributed by atoms with Gasteiger partial charge < -0.3 is 20.5 Å². The highest BCUT2D eigenvalue weighted by molar-refractivity contribution is 6.30. The number of amides is 1. The molecule has 2 heterocycles. The number of halogens is 6. The van der Waals surface area contributed by atoms with Crippen molar-refractivity contribution in [2.75, 3.05) is 19.1 Å². The monoisotopic (exact) mass is 478 g/mol. The van der Waals surface area contributed by atoms with Gasteiger partial charge >= 0.3 is 6.18 Å². The molecule has 0 fully saturated rings. The van der Waals surface area contributed by atoms with Crippen LogP contribution in [0.5, 0.6) is 5.75 Å². The molecule has 1 amide bonds. The molecule has 2 atom stereocenters. The van der Waals surface area contributed by atoms with Crippen molar-refractivity contribution in [1.82, 2.24) is 4.98 Å². The molecule has 2 aromatic rings. The lowest BCUT2D eigenvalue weighted by Crippen LogP contribution is -2.48. The van der Waals surface area contributed by atoms with E-state index < -0.39 is 54.2 Å². The highest BCUT2D eigenvalue weighted by Crippen LogP contribution is 2.42.